The predicted octanol–water partition coefficient (Wildman–Crippen LogP) is 4.31. The summed E-state index contributed by atoms with van der Waals surface area (Å²) in [7, 11) is 1.82. The van der Waals surface area contributed by atoms with Crippen LogP contribution in [-0.4, -0.2) is 29.4 Å². The average molecular weight is 311 g/mol. The van der Waals surface area contributed by atoms with Gasteiger partial charge in [-0.2, -0.15) is 0 Å². The third-order valence-electron chi connectivity index (χ3n) is 3.84. The number of hydrogen-bond acceptors (Lipinski definition) is 3. The van der Waals surface area contributed by atoms with E-state index in [9.17, 15) is 4.79 Å². The standard InChI is InChI=1S/C19H25N3O/c1-5-6-11-22(4)19(23)18-10-8-16(13-20-18)21-17-9-7-14(2)12-15(17)3/h7-10,12-13,21H,5-6,11H2,1-4H3. The summed E-state index contributed by atoms with van der Waals surface area (Å²) in [4.78, 5) is 18.3. The molecule has 0 aliphatic carbocycles. The van der Waals surface area contributed by atoms with Gasteiger partial charge in [0, 0.05) is 19.3 Å². The second-order valence-corrected chi connectivity index (χ2v) is 5.96. The summed E-state index contributed by atoms with van der Waals surface area (Å²) in [5.41, 5.74) is 4.84. The summed E-state index contributed by atoms with van der Waals surface area (Å²) < 4.78 is 0. The van der Waals surface area contributed by atoms with Gasteiger partial charge in [-0.15, -0.1) is 0 Å². The van der Waals surface area contributed by atoms with E-state index in [2.05, 4.69) is 49.3 Å². The SMILES string of the molecule is CCCCN(C)C(=O)c1ccc(Nc2ccc(C)cc2C)cn1. The molecule has 0 aliphatic heterocycles. The van der Waals surface area contributed by atoms with Crippen LogP contribution in [0.3, 0.4) is 0 Å². The van der Waals surface area contributed by atoms with Gasteiger partial charge in [0.1, 0.15) is 5.69 Å². The number of carbonyl (C=O) groups excluding carboxylic acids is 1. The zero-order valence-corrected chi connectivity index (χ0v) is 14.4. The molecule has 1 N–H and O–H groups in total. The van der Waals surface area contributed by atoms with E-state index in [0.717, 1.165) is 30.8 Å². The average Bonchev–Trinajstić information content (AvgIpc) is 2.55. The number of aryl methyl sites for hydroxylation is 2. The van der Waals surface area contributed by atoms with Crippen LogP contribution in [0.25, 0.3) is 0 Å². The Morgan fingerprint density at radius 1 is 1.22 bits per heavy atom. The van der Waals surface area contributed by atoms with Crippen molar-refractivity contribution in [1.29, 1.82) is 0 Å². The second-order valence-electron chi connectivity index (χ2n) is 5.96. The van der Waals surface area contributed by atoms with Crippen molar-refractivity contribution in [2.45, 2.75) is 33.6 Å². The number of hydrogen-bond donors (Lipinski definition) is 1. The van der Waals surface area contributed by atoms with E-state index in [1.807, 2.05) is 13.1 Å². The van der Waals surface area contributed by atoms with E-state index in [-0.39, 0.29) is 5.91 Å². The molecule has 4 nitrogen and oxygen atoms in total. The smallest absolute Gasteiger partial charge is 0.272 e. The number of benzene rings is 1. The number of anilines is 2. The number of unbranched alkanes of at least 4 members (excludes halogenated alkanes) is 1. The zero-order chi connectivity index (χ0) is 16.8. The Bertz CT molecular complexity index is 665. The Hall–Kier alpha value is -2.36. The maximum atomic E-state index is 12.3. The van der Waals surface area contributed by atoms with Crippen molar-refractivity contribution in [2.75, 3.05) is 18.9 Å². The van der Waals surface area contributed by atoms with Gasteiger partial charge < -0.3 is 10.2 Å². The van der Waals surface area contributed by atoms with E-state index in [1.54, 1.807) is 17.2 Å². The molecule has 0 bridgehead atoms. The normalized spacial score (nSPS) is 10.4. The van der Waals surface area contributed by atoms with Crippen molar-refractivity contribution >= 4 is 17.3 Å². The Balaban J connectivity index is 2.05. The Kier molecular flexibility index (Phi) is 5.74. The van der Waals surface area contributed by atoms with E-state index in [4.69, 9.17) is 0 Å². The Morgan fingerprint density at radius 2 is 2.00 bits per heavy atom. The number of nitrogens with zero attached hydrogens (tertiary/aromatic N) is 2. The molecule has 0 radical (unpaired) electrons. The zero-order valence-electron chi connectivity index (χ0n) is 14.4. The minimum Gasteiger partial charge on any atom is -0.354 e. The van der Waals surface area contributed by atoms with Crippen molar-refractivity contribution in [3.63, 3.8) is 0 Å². The van der Waals surface area contributed by atoms with Gasteiger partial charge in [-0.05, 0) is 44.0 Å². The largest absolute Gasteiger partial charge is 0.354 e. The van der Waals surface area contributed by atoms with Crippen LogP contribution in [0, 0.1) is 13.8 Å². The minimum absolute atomic E-state index is 0.0310. The number of nitrogens with one attached hydrogen (secondary N) is 1. The maximum absolute atomic E-state index is 12.3. The first-order chi connectivity index (χ1) is 11.0. The molecule has 1 aromatic carbocycles. The first-order valence-corrected chi connectivity index (χ1v) is 8.07. The molecule has 0 aliphatic rings. The number of amides is 1. The fourth-order valence-electron chi connectivity index (χ4n) is 2.40. The van der Waals surface area contributed by atoms with Gasteiger partial charge in [0.05, 0.1) is 11.9 Å². The predicted molar refractivity (Wildman–Crippen MR) is 95.3 cm³/mol. The summed E-state index contributed by atoms with van der Waals surface area (Å²) in [5, 5.41) is 3.34. The van der Waals surface area contributed by atoms with Crippen LogP contribution in [0.5, 0.6) is 0 Å². The van der Waals surface area contributed by atoms with Crippen molar-refractivity contribution in [1.82, 2.24) is 9.88 Å². The third-order valence-corrected chi connectivity index (χ3v) is 3.84. The van der Waals surface area contributed by atoms with Crippen LogP contribution in [0.1, 0.15) is 41.4 Å². The molecule has 1 aromatic heterocycles. The highest BCUT2D eigenvalue weighted by Gasteiger charge is 2.12. The van der Waals surface area contributed by atoms with E-state index >= 15 is 0 Å². The number of rotatable bonds is 6. The first-order valence-electron chi connectivity index (χ1n) is 8.07. The highest BCUT2D eigenvalue weighted by atomic mass is 16.2. The lowest BCUT2D eigenvalue weighted by molar-refractivity contribution is 0.0787. The summed E-state index contributed by atoms with van der Waals surface area (Å²) in [6.45, 7) is 7.03. The van der Waals surface area contributed by atoms with Crippen LogP contribution in [0.2, 0.25) is 0 Å². The fraction of sp³-hybridized carbons (Fsp3) is 0.368. The number of aromatic nitrogens is 1. The topological polar surface area (TPSA) is 45.2 Å². The molecule has 0 saturated heterocycles. The van der Waals surface area contributed by atoms with Crippen LogP contribution < -0.4 is 5.32 Å². The molecular formula is C19H25N3O. The molecule has 0 saturated carbocycles. The number of carbonyl (C=O) groups is 1. The molecule has 0 atom stereocenters. The molecule has 23 heavy (non-hydrogen) atoms. The Morgan fingerprint density at radius 3 is 2.61 bits per heavy atom. The summed E-state index contributed by atoms with van der Waals surface area (Å²) in [6.07, 6.45) is 3.79. The maximum Gasteiger partial charge on any atom is 0.272 e. The summed E-state index contributed by atoms with van der Waals surface area (Å²) in [6, 6.07) is 9.94. The van der Waals surface area contributed by atoms with Crippen molar-refractivity contribution < 1.29 is 4.79 Å². The number of pyridine rings is 1. The van der Waals surface area contributed by atoms with Crippen molar-refractivity contribution in [2.24, 2.45) is 0 Å². The first kappa shape index (κ1) is 17.0. The van der Waals surface area contributed by atoms with Gasteiger partial charge in [0.15, 0.2) is 0 Å². The molecule has 2 rings (SSSR count). The van der Waals surface area contributed by atoms with Gasteiger partial charge in [-0.1, -0.05) is 31.0 Å². The lowest BCUT2D eigenvalue weighted by Crippen LogP contribution is -2.28. The Labute approximate surface area is 138 Å². The quantitative estimate of drug-likeness (QED) is 0.864. The minimum atomic E-state index is -0.0310. The van der Waals surface area contributed by atoms with Crippen molar-refractivity contribution in [3.05, 3.63) is 53.3 Å². The lowest BCUT2D eigenvalue weighted by atomic mass is 10.1. The molecule has 0 fully saturated rings. The van der Waals surface area contributed by atoms with Crippen LogP contribution >= 0.6 is 0 Å². The molecule has 0 spiro atoms. The molecule has 0 unspecified atom stereocenters. The molecule has 2 aromatic rings. The molecule has 1 heterocycles. The van der Waals surface area contributed by atoms with Crippen LogP contribution in [0.4, 0.5) is 11.4 Å². The second kappa shape index (κ2) is 7.77. The van der Waals surface area contributed by atoms with Crippen molar-refractivity contribution in [3.8, 4) is 0 Å². The van der Waals surface area contributed by atoms with Crippen LogP contribution in [-0.2, 0) is 0 Å². The van der Waals surface area contributed by atoms with Gasteiger partial charge in [0.2, 0.25) is 0 Å². The molecular weight excluding hydrogens is 286 g/mol. The van der Waals surface area contributed by atoms with Crippen LogP contribution in [0.15, 0.2) is 36.5 Å². The lowest BCUT2D eigenvalue weighted by Gasteiger charge is -2.16. The monoisotopic (exact) mass is 311 g/mol. The summed E-state index contributed by atoms with van der Waals surface area (Å²) >= 11 is 0. The highest BCUT2D eigenvalue weighted by Crippen LogP contribution is 2.21. The molecule has 122 valence electrons. The summed E-state index contributed by atoms with van der Waals surface area (Å²) in [5.74, 6) is -0.0310. The molecule has 4 heteroatoms. The van der Waals surface area contributed by atoms with Gasteiger partial charge >= 0.3 is 0 Å². The highest BCUT2D eigenvalue weighted by molar-refractivity contribution is 5.92. The van der Waals surface area contributed by atoms with Gasteiger partial charge in [0.25, 0.3) is 5.91 Å². The van der Waals surface area contributed by atoms with E-state index < -0.39 is 0 Å². The fourth-order valence-corrected chi connectivity index (χ4v) is 2.40. The van der Waals surface area contributed by atoms with E-state index in [1.165, 1.54) is 11.1 Å². The third kappa shape index (κ3) is 4.55. The van der Waals surface area contributed by atoms with Gasteiger partial charge in [-0.3, -0.25) is 4.79 Å². The van der Waals surface area contributed by atoms with E-state index in [0.29, 0.717) is 5.69 Å². The molecule has 1 amide bonds. The van der Waals surface area contributed by atoms with Gasteiger partial charge in [-0.25, -0.2) is 4.98 Å².